The van der Waals surface area contributed by atoms with Crippen LogP contribution in [0.15, 0.2) is 36.8 Å². The molecule has 33 heavy (non-hydrogen) atoms. The molecule has 0 amide bonds. The highest BCUT2D eigenvalue weighted by Crippen LogP contribution is 2.27. The summed E-state index contributed by atoms with van der Waals surface area (Å²) in [6.07, 6.45) is 5.56. The topological polar surface area (TPSA) is 89.5 Å². The zero-order chi connectivity index (χ0) is 23.4. The van der Waals surface area contributed by atoms with Crippen molar-refractivity contribution in [2.45, 2.75) is 26.4 Å². The number of nitrogens with one attached hydrogen (secondary N) is 1. The number of ketones is 1. The fourth-order valence-corrected chi connectivity index (χ4v) is 3.45. The Hall–Kier alpha value is -3.82. The lowest BCUT2D eigenvalue weighted by atomic mass is 10.1. The summed E-state index contributed by atoms with van der Waals surface area (Å²) >= 11 is 0. The Bertz CT molecular complexity index is 1130. The Morgan fingerprint density at radius 1 is 1.06 bits per heavy atom. The van der Waals surface area contributed by atoms with E-state index < -0.39 is 11.6 Å². The number of rotatable bonds is 7. The van der Waals surface area contributed by atoms with Crippen molar-refractivity contribution < 1.29 is 23.0 Å². The SMILES string of the molecule is COc1cc(C)c(F)c(COc2cnc(Nc3ccc(N4CCC(=O)CC4)nc3)nc2)c1F. The highest BCUT2D eigenvalue weighted by atomic mass is 19.1. The molecule has 3 aromatic rings. The van der Waals surface area contributed by atoms with Crippen molar-refractivity contribution in [1.82, 2.24) is 15.0 Å². The second-order valence-corrected chi connectivity index (χ2v) is 7.59. The minimum atomic E-state index is -0.799. The minimum absolute atomic E-state index is 0.0447. The fraction of sp³-hybridized carbons (Fsp3) is 0.304. The summed E-state index contributed by atoms with van der Waals surface area (Å²) in [5.74, 6) is 0.138. The quantitative estimate of drug-likeness (QED) is 0.573. The van der Waals surface area contributed by atoms with Crippen LogP contribution in [0, 0.1) is 18.6 Å². The van der Waals surface area contributed by atoms with E-state index in [0.717, 1.165) is 5.82 Å². The molecule has 0 unspecified atom stereocenters. The first-order valence-corrected chi connectivity index (χ1v) is 10.4. The predicted molar refractivity (Wildman–Crippen MR) is 118 cm³/mol. The van der Waals surface area contributed by atoms with Crippen LogP contribution in [-0.4, -0.2) is 40.9 Å². The van der Waals surface area contributed by atoms with E-state index in [2.05, 4.69) is 25.2 Å². The van der Waals surface area contributed by atoms with Crippen molar-refractivity contribution in [1.29, 1.82) is 0 Å². The van der Waals surface area contributed by atoms with Gasteiger partial charge in [0.1, 0.15) is 24.0 Å². The molecule has 0 radical (unpaired) electrons. The largest absolute Gasteiger partial charge is 0.494 e. The van der Waals surface area contributed by atoms with Crippen molar-refractivity contribution in [3.8, 4) is 11.5 Å². The molecule has 0 spiro atoms. The van der Waals surface area contributed by atoms with E-state index in [1.54, 1.807) is 6.20 Å². The molecule has 8 nitrogen and oxygen atoms in total. The van der Waals surface area contributed by atoms with Crippen molar-refractivity contribution in [2.75, 3.05) is 30.4 Å². The molecule has 4 rings (SSSR count). The standard InChI is InChI=1S/C23H23F2N5O3/c1-14-9-19(32-2)22(25)18(21(14)24)13-33-17-11-27-23(28-12-17)29-15-3-4-20(26-10-15)30-7-5-16(31)6-8-30/h3-4,9-12H,5-8,13H2,1-2H3,(H,27,28,29). The van der Waals surface area contributed by atoms with Crippen molar-refractivity contribution in [3.63, 3.8) is 0 Å². The number of Topliss-reactive ketones (excluding diaryl/α,β-unsaturated/α-hetero) is 1. The molecule has 2 aromatic heterocycles. The monoisotopic (exact) mass is 455 g/mol. The number of anilines is 3. The molecular weight excluding hydrogens is 432 g/mol. The molecule has 1 aliphatic heterocycles. The Labute approximate surface area is 189 Å². The number of hydrogen-bond donors (Lipinski definition) is 1. The smallest absolute Gasteiger partial charge is 0.227 e. The molecule has 0 aliphatic carbocycles. The number of carbonyl (C=O) groups excluding carboxylic acids is 1. The van der Waals surface area contributed by atoms with E-state index in [9.17, 15) is 13.6 Å². The second-order valence-electron chi connectivity index (χ2n) is 7.59. The van der Waals surface area contributed by atoms with E-state index in [0.29, 0.717) is 37.6 Å². The van der Waals surface area contributed by atoms with Crippen LogP contribution in [0.4, 0.5) is 26.2 Å². The summed E-state index contributed by atoms with van der Waals surface area (Å²) in [7, 11) is 1.32. The van der Waals surface area contributed by atoms with Crippen LogP contribution in [0.5, 0.6) is 11.5 Å². The van der Waals surface area contributed by atoms with Crippen molar-refractivity contribution in [2.24, 2.45) is 0 Å². The van der Waals surface area contributed by atoms with E-state index >= 15 is 0 Å². The molecule has 1 saturated heterocycles. The first-order chi connectivity index (χ1) is 15.9. The van der Waals surface area contributed by atoms with E-state index in [-0.39, 0.29) is 35.0 Å². The van der Waals surface area contributed by atoms with Gasteiger partial charge in [-0.15, -0.1) is 0 Å². The van der Waals surface area contributed by atoms with Crippen LogP contribution in [0.3, 0.4) is 0 Å². The van der Waals surface area contributed by atoms with Gasteiger partial charge in [-0.05, 0) is 30.7 Å². The van der Waals surface area contributed by atoms with Crippen LogP contribution in [0.25, 0.3) is 0 Å². The fourth-order valence-electron chi connectivity index (χ4n) is 3.45. The van der Waals surface area contributed by atoms with Gasteiger partial charge in [-0.2, -0.15) is 0 Å². The third-order valence-corrected chi connectivity index (χ3v) is 5.32. The van der Waals surface area contributed by atoms with Gasteiger partial charge in [0.05, 0.1) is 37.0 Å². The molecule has 0 atom stereocenters. The van der Waals surface area contributed by atoms with Crippen molar-refractivity contribution >= 4 is 23.2 Å². The Balaban J connectivity index is 1.36. The van der Waals surface area contributed by atoms with Crippen LogP contribution in [0.2, 0.25) is 0 Å². The zero-order valence-electron chi connectivity index (χ0n) is 18.3. The number of nitrogens with zero attached hydrogens (tertiary/aromatic N) is 4. The highest BCUT2D eigenvalue weighted by molar-refractivity contribution is 5.80. The molecule has 10 heteroatoms. The van der Waals surface area contributed by atoms with Gasteiger partial charge >= 0.3 is 0 Å². The maximum Gasteiger partial charge on any atom is 0.227 e. The first-order valence-electron chi connectivity index (χ1n) is 10.4. The summed E-state index contributed by atoms with van der Waals surface area (Å²) in [6, 6.07) is 5.02. The van der Waals surface area contributed by atoms with Gasteiger partial charge < -0.3 is 19.7 Å². The molecule has 1 fully saturated rings. The van der Waals surface area contributed by atoms with E-state index in [1.807, 2.05) is 12.1 Å². The Morgan fingerprint density at radius 2 is 1.79 bits per heavy atom. The minimum Gasteiger partial charge on any atom is -0.494 e. The number of aromatic nitrogens is 3. The van der Waals surface area contributed by atoms with Crippen LogP contribution < -0.4 is 19.7 Å². The van der Waals surface area contributed by atoms with Gasteiger partial charge in [-0.1, -0.05) is 0 Å². The second kappa shape index (κ2) is 9.76. The summed E-state index contributed by atoms with van der Waals surface area (Å²) in [4.78, 5) is 26.2. The van der Waals surface area contributed by atoms with Gasteiger partial charge in [0.15, 0.2) is 17.3 Å². The van der Waals surface area contributed by atoms with E-state index in [1.165, 1.54) is 32.5 Å². The number of halogens is 2. The summed E-state index contributed by atoms with van der Waals surface area (Å²) in [5.41, 5.74) is 0.728. The Kier molecular flexibility index (Phi) is 6.62. The molecule has 3 heterocycles. The van der Waals surface area contributed by atoms with Gasteiger partial charge in [0.2, 0.25) is 5.95 Å². The predicted octanol–water partition coefficient (Wildman–Crippen LogP) is 3.96. The molecule has 172 valence electrons. The molecule has 0 bridgehead atoms. The average Bonchev–Trinajstić information content (AvgIpc) is 2.83. The third kappa shape index (κ3) is 5.16. The first kappa shape index (κ1) is 22.4. The number of ether oxygens (including phenoxy) is 2. The number of benzene rings is 1. The number of carbonyl (C=O) groups is 1. The molecule has 0 saturated carbocycles. The van der Waals surface area contributed by atoms with Crippen LogP contribution in [0.1, 0.15) is 24.0 Å². The van der Waals surface area contributed by atoms with Crippen LogP contribution >= 0.6 is 0 Å². The lowest BCUT2D eigenvalue weighted by molar-refractivity contribution is -0.119. The zero-order valence-corrected chi connectivity index (χ0v) is 18.3. The van der Waals surface area contributed by atoms with E-state index in [4.69, 9.17) is 9.47 Å². The summed E-state index contributed by atoms with van der Waals surface area (Å²) < 4.78 is 39.1. The summed E-state index contributed by atoms with van der Waals surface area (Å²) in [5, 5.41) is 3.03. The van der Waals surface area contributed by atoms with Gasteiger partial charge in [-0.3, -0.25) is 4.79 Å². The van der Waals surface area contributed by atoms with Gasteiger partial charge in [-0.25, -0.2) is 23.7 Å². The highest BCUT2D eigenvalue weighted by Gasteiger charge is 2.19. The lowest BCUT2D eigenvalue weighted by Crippen LogP contribution is -2.34. The van der Waals surface area contributed by atoms with Crippen LogP contribution in [-0.2, 0) is 11.4 Å². The maximum absolute atomic E-state index is 14.4. The maximum atomic E-state index is 14.4. The lowest BCUT2D eigenvalue weighted by Gasteiger charge is -2.27. The number of methoxy groups -OCH3 is 1. The molecule has 1 aliphatic rings. The van der Waals surface area contributed by atoms with Gasteiger partial charge in [0.25, 0.3) is 0 Å². The van der Waals surface area contributed by atoms with Gasteiger partial charge in [0, 0.05) is 25.9 Å². The molecule has 1 aromatic carbocycles. The normalized spacial score (nSPS) is 13.7. The Morgan fingerprint density at radius 3 is 2.42 bits per heavy atom. The summed E-state index contributed by atoms with van der Waals surface area (Å²) in [6.45, 7) is 2.54. The number of aryl methyl sites for hydroxylation is 1. The molecular formula is C23H23F2N5O3. The number of pyridine rings is 1. The van der Waals surface area contributed by atoms with Crippen molar-refractivity contribution in [3.05, 3.63) is 59.6 Å². The number of piperidine rings is 1. The third-order valence-electron chi connectivity index (χ3n) is 5.32. The molecule has 1 N–H and O–H groups in total. The average molecular weight is 455 g/mol. The number of hydrogen-bond acceptors (Lipinski definition) is 8.